The molecule has 1 aromatic carbocycles. The lowest BCUT2D eigenvalue weighted by atomic mass is 10.1. The Morgan fingerprint density at radius 2 is 2.14 bits per heavy atom. The lowest BCUT2D eigenvalue weighted by Crippen LogP contribution is -2.24. The van der Waals surface area contributed by atoms with E-state index in [0.717, 1.165) is 12.0 Å². The fraction of sp³-hybridized carbons (Fsp3) is 0.350. The van der Waals surface area contributed by atoms with Gasteiger partial charge in [-0.2, -0.15) is 0 Å². The molecule has 0 saturated carbocycles. The van der Waals surface area contributed by atoms with Gasteiger partial charge in [0.2, 0.25) is 5.91 Å². The first kappa shape index (κ1) is 20.9. The third-order valence-electron chi connectivity index (χ3n) is 4.34. The Balaban J connectivity index is 1.79. The van der Waals surface area contributed by atoms with Crippen LogP contribution in [0.5, 0.6) is 0 Å². The predicted molar refractivity (Wildman–Crippen MR) is 119 cm³/mol. The van der Waals surface area contributed by atoms with E-state index in [2.05, 4.69) is 24.1 Å². The van der Waals surface area contributed by atoms with Crippen molar-refractivity contribution < 1.29 is 4.79 Å². The van der Waals surface area contributed by atoms with Crippen molar-refractivity contribution in [2.45, 2.75) is 38.9 Å². The van der Waals surface area contributed by atoms with Gasteiger partial charge in [-0.1, -0.05) is 43.3 Å². The van der Waals surface area contributed by atoms with Gasteiger partial charge in [0.1, 0.15) is 4.70 Å². The Labute approximate surface area is 177 Å². The normalized spacial score (nSPS) is 11.3. The summed E-state index contributed by atoms with van der Waals surface area (Å²) in [6.45, 7) is 6.70. The Bertz CT molecular complexity index is 1060. The maximum atomic E-state index is 12.8. The highest BCUT2D eigenvalue weighted by Gasteiger charge is 2.15. The van der Waals surface area contributed by atoms with Crippen LogP contribution in [0.15, 0.2) is 39.6 Å². The monoisotopic (exact) mass is 435 g/mol. The summed E-state index contributed by atoms with van der Waals surface area (Å²) in [5.41, 5.74) is 2.17. The molecule has 8 heteroatoms. The molecule has 1 amide bonds. The minimum Gasteiger partial charge on any atom is -0.325 e. The summed E-state index contributed by atoms with van der Waals surface area (Å²) in [6, 6.07) is 7.24. The molecule has 3 aromatic rings. The number of hydrogen-bond donors (Lipinski definition) is 1. The molecule has 3 rings (SSSR count). The van der Waals surface area contributed by atoms with Crippen molar-refractivity contribution in [1.82, 2.24) is 9.55 Å². The van der Waals surface area contributed by atoms with Crippen molar-refractivity contribution in [3.8, 4) is 0 Å². The second kappa shape index (κ2) is 9.11. The summed E-state index contributed by atoms with van der Waals surface area (Å²) in [6.07, 6.45) is 0.875. The maximum Gasteiger partial charge on any atom is 0.272 e. The van der Waals surface area contributed by atoms with E-state index < -0.39 is 0 Å². The van der Waals surface area contributed by atoms with Crippen LogP contribution in [-0.4, -0.2) is 21.2 Å². The van der Waals surface area contributed by atoms with Gasteiger partial charge in [0.15, 0.2) is 5.16 Å². The van der Waals surface area contributed by atoms with Gasteiger partial charge in [-0.3, -0.25) is 14.2 Å². The number of carbonyl (C=O) groups excluding carboxylic acids is 1. The van der Waals surface area contributed by atoms with Crippen LogP contribution in [0, 0.1) is 12.8 Å². The largest absolute Gasteiger partial charge is 0.325 e. The number of benzene rings is 1. The van der Waals surface area contributed by atoms with Crippen LogP contribution in [0.4, 0.5) is 5.69 Å². The summed E-state index contributed by atoms with van der Waals surface area (Å²) >= 11 is 8.79. The number of nitrogens with zero attached hydrogens (tertiary/aromatic N) is 2. The van der Waals surface area contributed by atoms with Gasteiger partial charge in [0, 0.05) is 17.3 Å². The predicted octanol–water partition coefficient (Wildman–Crippen LogP) is 5.20. The van der Waals surface area contributed by atoms with Crippen LogP contribution in [-0.2, 0) is 11.3 Å². The molecule has 2 heterocycles. The number of thiophene rings is 1. The summed E-state index contributed by atoms with van der Waals surface area (Å²) in [5, 5.41) is 5.94. The Kier molecular flexibility index (Phi) is 6.80. The molecule has 0 saturated heterocycles. The van der Waals surface area contributed by atoms with Crippen LogP contribution < -0.4 is 10.9 Å². The number of hydrogen-bond acceptors (Lipinski definition) is 5. The number of carbonyl (C=O) groups is 1. The van der Waals surface area contributed by atoms with Crippen LogP contribution in [0.1, 0.15) is 25.8 Å². The maximum absolute atomic E-state index is 12.8. The fourth-order valence-electron chi connectivity index (χ4n) is 2.68. The molecule has 0 bridgehead atoms. The van der Waals surface area contributed by atoms with E-state index in [4.69, 9.17) is 11.6 Å². The summed E-state index contributed by atoms with van der Waals surface area (Å²) < 4.78 is 2.36. The van der Waals surface area contributed by atoms with E-state index in [0.29, 0.717) is 38.5 Å². The lowest BCUT2D eigenvalue weighted by Gasteiger charge is -2.13. The Morgan fingerprint density at radius 1 is 1.36 bits per heavy atom. The summed E-state index contributed by atoms with van der Waals surface area (Å²) in [5.74, 6) is 0.471. The van der Waals surface area contributed by atoms with Gasteiger partial charge < -0.3 is 5.32 Å². The Hall–Kier alpha value is -1.83. The van der Waals surface area contributed by atoms with Crippen molar-refractivity contribution >= 4 is 56.5 Å². The molecule has 0 atom stereocenters. The molecular formula is C20H22ClN3O2S2. The molecular weight excluding hydrogens is 414 g/mol. The van der Waals surface area contributed by atoms with E-state index >= 15 is 0 Å². The molecule has 5 nitrogen and oxygen atoms in total. The van der Waals surface area contributed by atoms with E-state index in [1.807, 2.05) is 24.4 Å². The van der Waals surface area contributed by atoms with Crippen molar-refractivity contribution in [3.63, 3.8) is 0 Å². The van der Waals surface area contributed by atoms with Crippen molar-refractivity contribution in [3.05, 3.63) is 50.6 Å². The molecule has 0 aliphatic rings. The van der Waals surface area contributed by atoms with Gasteiger partial charge in [-0.05, 0) is 48.4 Å². The number of amides is 1. The molecule has 0 radical (unpaired) electrons. The zero-order valence-corrected chi connectivity index (χ0v) is 18.4. The number of anilines is 1. The quantitative estimate of drug-likeness (QED) is 0.409. The number of rotatable bonds is 7. The highest BCUT2D eigenvalue weighted by Crippen LogP contribution is 2.24. The first-order chi connectivity index (χ1) is 13.4. The van der Waals surface area contributed by atoms with E-state index in [1.54, 1.807) is 16.7 Å². The van der Waals surface area contributed by atoms with Crippen LogP contribution in [0.25, 0.3) is 10.2 Å². The molecule has 148 valence electrons. The zero-order chi connectivity index (χ0) is 20.3. The van der Waals surface area contributed by atoms with Crippen LogP contribution >= 0.6 is 34.7 Å². The van der Waals surface area contributed by atoms with Crippen molar-refractivity contribution in [2.75, 3.05) is 11.1 Å². The lowest BCUT2D eigenvalue weighted by molar-refractivity contribution is -0.113. The minimum absolute atomic E-state index is 0.0331. The van der Waals surface area contributed by atoms with Crippen LogP contribution in [0.2, 0.25) is 5.02 Å². The van der Waals surface area contributed by atoms with Gasteiger partial charge in [-0.15, -0.1) is 11.3 Å². The molecule has 0 aliphatic heterocycles. The smallest absolute Gasteiger partial charge is 0.272 e. The SMILES string of the molecule is Cc1c(Cl)cccc1NC(=O)CSc1nc2ccsc2c(=O)n1CCC(C)C. The van der Waals surface area contributed by atoms with Crippen molar-refractivity contribution in [1.29, 1.82) is 0 Å². The molecule has 0 spiro atoms. The number of aromatic nitrogens is 2. The van der Waals surface area contributed by atoms with E-state index in [9.17, 15) is 9.59 Å². The Morgan fingerprint density at radius 3 is 2.89 bits per heavy atom. The van der Waals surface area contributed by atoms with Crippen LogP contribution in [0.3, 0.4) is 0 Å². The first-order valence-electron chi connectivity index (χ1n) is 9.02. The van der Waals surface area contributed by atoms with Gasteiger partial charge in [-0.25, -0.2) is 4.98 Å². The second-order valence-corrected chi connectivity index (χ2v) is 9.18. The fourth-order valence-corrected chi connectivity index (χ4v) is 4.46. The highest BCUT2D eigenvalue weighted by molar-refractivity contribution is 7.99. The van der Waals surface area contributed by atoms with Gasteiger partial charge >= 0.3 is 0 Å². The molecule has 0 aliphatic carbocycles. The summed E-state index contributed by atoms with van der Waals surface area (Å²) in [7, 11) is 0. The third-order valence-corrected chi connectivity index (χ3v) is 6.61. The van der Waals surface area contributed by atoms with E-state index in [1.165, 1.54) is 23.1 Å². The second-order valence-electron chi connectivity index (χ2n) is 6.92. The average molecular weight is 436 g/mol. The van der Waals surface area contributed by atoms with Crippen molar-refractivity contribution in [2.24, 2.45) is 5.92 Å². The first-order valence-corrected chi connectivity index (χ1v) is 11.3. The average Bonchev–Trinajstić information content (AvgIpc) is 3.12. The molecule has 0 unspecified atom stereocenters. The van der Waals surface area contributed by atoms with Gasteiger partial charge in [0.25, 0.3) is 5.56 Å². The summed E-state index contributed by atoms with van der Waals surface area (Å²) in [4.78, 5) is 29.9. The molecule has 1 N–H and O–H groups in total. The minimum atomic E-state index is -0.162. The van der Waals surface area contributed by atoms with E-state index in [-0.39, 0.29) is 17.2 Å². The third kappa shape index (κ3) is 4.77. The molecule has 2 aromatic heterocycles. The number of halogens is 1. The van der Waals surface area contributed by atoms with Gasteiger partial charge in [0.05, 0.1) is 11.3 Å². The number of nitrogens with one attached hydrogen (secondary N) is 1. The number of thioether (sulfide) groups is 1. The molecule has 28 heavy (non-hydrogen) atoms. The standard InChI is InChI=1S/C20H22ClN3O2S2/c1-12(2)7-9-24-19(26)18-16(8-10-27-18)23-20(24)28-11-17(25)22-15-6-4-5-14(21)13(15)3/h4-6,8,10,12H,7,9,11H2,1-3H3,(H,22,25). The zero-order valence-electron chi connectivity index (χ0n) is 16.0. The highest BCUT2D eigenvalue weighted by atomic mass is 35.5. The topological polar surface area (TPSA) is 64.0 Å². The number of fused-ring (bicyclic) bond motifs is 1. The molecule has 0 fully saturated rings.